The van der Waals surface area contributed by atoms with Gasteiger partial charge in [-0.2, -0.15) is 15.0 Å². The second-order valence-electron chi connectivity index (χ2n) is 6.71. The Hall–Kier alpha value is -3.09. The number of ketones is 1. The van der Waals surface area contributed by atoms with Crippen LogP contribution in [0.25, 0.3) is 5.13 Å². The number of rotatable bonds is 6. The Morgan fingerprint density at radius 2 is 2.07 bits per heavy atom. The van der Waals surface area contributed by atoms with Gasteiger partial charge < -0.3 is 5.32 Å². The van der Waals surface area contributed by atoms with E-state index in [-0.39, 0.29) is 17.6 Å². The Bertz CT molecular complexity index is 1140. The summed E-state index contributed by atoms with van der Waals surface area (Å²) in [7, 11) is 0. The van der Waals surface area contributed by atoms with E-state index >= 15 is 0 Å². The summed E-state index contributed by atoms with van der Waals surface area (Å²) in [5.41, 5.74) is 0.758. The highest BCUT2D eigenvalue weighted by Gasteiger charge is 2.31. The molecule has 1 aliphatic rings. The number of Topliss-reactive ketones (excluding diaryl/α,β-unsaturated/α-hetero) is 1. The molecule has 1 fully saturated rings. The van der Waals surface area contributed by atoms with Crippen LogP contribution in [0.3, 0.4) is 0 Å². The first-order valence-electron chi connectivity index (χ1n) is 8.88. The van der Waals surface area contributed by atoms with Gasteiger partial charge in [0, 0.05) is 22.1 Å². The minimum Gasteiger partial charge on any atom is -0.342 e. The molecular weight excluding hydrogens is 412 g/mol. The lowest BCUT2D eigenvalue weighted by atomic mass is 10.0. The number of nitriles is 1. The molecule has 1 aromatic carbocycles. The van der Waals surface area contributed by atoms with E-state index in [9.17, 15) is 9.59 Å². The summed E-state index contributed by atoms with van der Waals surface area (Å²) in [4.78, 5) is 33.9. The van der Waals surface area contributed by atoms with Gasteiger partial charge in [0.05, 0.1) is 12.2 Å². The summed E-state index contributed by atoms with van der Waals surface area (Å²) in [5.74, 6) is 0.148. The second kappa shape index (κ2) is 7.73. The predicted molar refractivity (Wildman–Crippen MR) is 106 cm³/mol. The molecule has 146 valence electrons. The molecule has 4 rings (SSSR count). The normalized spacial score (nSPS) is 14.2. The summed E-state index contributed by atoms with van der Waals surface area (Å²) >= 11 is 7.30. The van der Waals surface area contributed by atoms with E-state index in [1.165, 1.54) is 34.6 Å². The fraction of sp³-hybridized carbons (Fsp3) is 0.263. The Balaban J connectivity index is 1.54. The maximum atomic E-state index is 12.8. The van der Waals surface area contributed by atoms with Gasteiger partial charge in [-0.25, -0.2) is 9.97 Å². The van der Waals surface area contributed by atoms with E-state index in [1.807, 2.05) is 6.07 Å². The van der Waals surface area contributed by atoms with Crippen LogP contribution in [-0.4, -0.2) is 31.4 Å². The van der Waals surface area contributed by atoms with E-state index in [1.54, 1.807) is 19.1 Å². The van der Waals surface area contributed by atoms with Crippen LogP contribution in [0.4, 0.5) is 0 Å². The summed E-state index contributed by atoms with van der Waals surface area (Å²) in [6.45, 7) is 1.76. The van der Waals surface area contributed by atoms with Crippen LogP contribution in [0.15, 0.2) is 30.7 Å². The average Bonchev–Trinajstić information content (AvgIpc) is 3.24. The fourth-order valence-corrected chi connectivity index (χ4v) is 3.81. The lowest BCUT2D eigenvalue weighted by molar-refractivity contribution is 0.0938. The number of nitrogens with zero attached hydrogens (tertiary/aromatic N) is 5. The minimum absolute atomic E-state index is 0.0198. The molecule has 0 unspecified atom stereocenters. The smallest absolute Gasteiger partial charge is 0.251 e. The van der Waals surface area contributed by atoms with Gasteiger partial charge in [0.1, 0.15) is 17.3 Å². The number of amides is 1. The van der Waals surface area contributed by atoms with Crippen molar-refractivity contribution in [2.45, 2.75) is 25.8 Å². The molecule has 1 atom stereocenters. The molecule has 3 aromatic rings. The van der Waals surface area contributed by atoms with Crippen LogP contribution in [0.1, 0.15) is 57.2 Å². The Labute approximate surface area is 175 Å². The molecule has 0 radical (unpaired) electrons. The SMILES string of the molecule is C[C@H](NC(=O)c1cc(Cl)cc(C(=O)C2CC2)c1)c1ncnn1-c1ncc(C#N)s1. The van der Waals surface area contributed by atoms with Gasteiger partial charge in [-0.3, -0.25) is 9.59 Å². The zero-order valence-corrected chi connectivity index (χ0v) is 16.9. The van der Waals surface area contributed by atoms with Gasteiger partial charge in [0.25, 0.3) is 5.91 Å². The molecule has 10 heteroatoms. The number of hydrogen-bond donors (Lipinski definition) is 1. The molecular formula is C19H15ClN6O2S. The highest BCUT2D eigenvalue weighted by atomic mass is 35.5. The predicted octanol–water partition coefficient (Wildman–Crippen LogP) is 3.33. The Morgan fingerprint density at radius 3 is 2.76 bits per heavy atom. The lowest BCUT2D eigenvalue weighted by Crippen LogP contribution is -2.29. The van der Waals surface area contributed by atoms with Gasteiger partial charge in [0.2, 0.25) is 5.13 Å². The molecule has 8 nitrogen and oxygen atoms in total. The van der Waals surface area contributed by atoms with Crippen molar-refractivity contribution >= 4 is 34.6 Å². The molecule has 1 saturated carbocycles. The number of nitrogens with one attached hydrogen (secondary N) is 1. The van der Waals surface area contributed by atoms with Crippen molar-refractivity contribution in [3.8, 4) is 11.2 Å². The fourth-order valence-electron chi connectivity index (χ4n) is 2.90. The molecule has 1 aliphatic carbocycles. The zero-order chi connectivity index (χ0) is 20.5. The Kier molecular flexibility index (Phi) is 5.13. The third kappa shape index (κ3) is 4.04. The van der Waals surface area contributed by atoms with E-state index in [0.717, 1.165) is 12.8 Å². The molecule has 0 saturated heterocycles. The number of aromatic nitrogens is 4. The minimum atomic E-state index is -0.499. The zero-order valence-electron chi connectivity index (χ0n) is 15.3. The molecule has 0 aliphatic heterocycles. The number of thiazole rings is 1. The maximum absolute atomic E-state index is 12.8. The van der Waals surface area contributed by atoms with Gasteiger partial charge in [-0.15, -0.1) is 0 Å². The van der Waals surface area contributed by atoms with Gasteiger partial charge in [-0.1, -0.05) is 22.9 Å². The highest BCUT2D eigenvalue weighted by Crippen LogP contribution is 2.33. The number of carbonyl (C=O) groups is 2. The number of hydrogen-bond acceptors (Lipinski definition) is 7. The molecule has 29 heavy (non-hydrogen) atoms. The largest absolute Gasteiger partial charge is 0.342 e. The van der Waals surface area contributed by atoms with Gasteiger partial charge in [-0.05, 0) is 38.0 Å². The highest BCUT2D eigenvalue weighted by molar-refractivity contribution is 7.14. The second-order valence-corrected chi connectivity index (χ2v) is 8.16. The van der Waals surface area contributed by atoms with Crippen LogP contribution in [-0.2, 0) is 0 Å². The molecule has 0 spiro atoms. The summed E-state index contributed by atoms with van der Waals surface area (Å²) in [5, 5.41) is 16.8. The first kappa shape index (κ1) is 19.2. The van der Waals surface area contributed by atoms with E-state index < -0.39 is 6.04 Å². The maximum Gasteiger partial charge on any atom is 0.251 e. The molecule has 2 aromatic heterocycles. The number of carbonyl (C=O) groups excluding carboxylic acids is 2. The van der Waals surface area contributed by atoms with Crippen molar-refractivity contribution in [3.05, 3.63) is 57.6 Å². The van der Waals surface area contributed by atoms with Crippen LogP contribution in [0.2, 0.25) is 5.02 Å². The summed E-state index contributed by atoms with van der Waals surface area (Å²) in [6, 6.07) is 6.22. The topological polar surface area (TPSA) is 114 Å². The van der Waals surface area contributed by atoms with Crippen molar-refractivity contribution in [3.63, 3.8) is 0 Å². The van der Waals surface area contributed by atoms with Gasteiger partial charge >= 0.3 is 0 Å². The van der Waals surface area contributed by atoms with E-state index in [4.69, 9.17) is 16.9 Å². The number of halogens is 1. The standard InChI is InChI=1S/C19H15ClN6O2S/c1-10(17-23-9-24-26(17)19-22-8-15(7-21)29-19)25-18(28)13-4-12(5-14(20)6-13)16(27)11-2-3-11/h4-6,8-11H,2-3H2,1H3,(H,25,28)/t10-/m0/s1. The molecule has 2 heterocycles. The van der Waals surface area contributed by atoms with Crippen molar-refractivity contribution in [2.24, 2.45) is 5.92 Å². The molecule has 1 N–H and O–H groups in total. The van der Waals surface area contributed by atoms with Crippen molar-refractivity contribution in [1.29, 1.82) is 5.26 Å². The third-order valence-electron chi connectivity index (χ3n) is 4.49. The first-order chi connectivity index (χ1) is 14.0. The van der Waals surface area contributed by atoms with Crippen LogP contribution >= 0.6 is 22.9 Å². The van der Waals surface area contributed by atoms with Gasteiger partial charge in [0.15, 0.2) is 11.6 Å². The molecule has 1 amide bonds. The van der Waals surface area contributed by atoms with E-state index in [2.05, 4.69) is 20.4 Å². The lowest BCUT2D eigenvalue weighted by Gasteiger charge is -2.14. The number of benzene rings is 1. The summed E-state index contributed by atoms with van der Waals surface area (Å²) in [6.07, 6.45) is 4.57. The van der Waals surface area contributed by atoms with Crippen LogP contribution < -0.4 is 5.32 Å². The summed E-state index contributed by atoms with van der Waals surface area (Å²) < 4.78 is 1.48. The monoisotopic (exact) mass is 426 g/mol. The molecule has 0 bridgehead atoms. The van der Waals surface area contributed by atoms with Crippen molar-refractivity contribution in [1.82, 2.24) is 25.1 Å². The van der Waals surface area contributed by atoms with E-state index in [0.29, 0.717) is 32.0 Å². The van der Waals surface area contributed by atoms with Crippen LogP contribution in [0, 0.1) is 17.2 Å². The van der Waals surface area contributed by atoms with Crippen LogP contribution in [0.5, 0.6) is 0 Å². The quantitative estimate of drug-likeness (QED) is 0.604. The first-order valence-corrected chi connectivity index (χ1v) is 10.1. The van der Waals surface area contributed by atoms with Crippen molar-refractivity contribution in [2.75, 3.05) is 0 Å². The van der Waals surface area contributed by atoms with Crippen molar-refractivity contribution < 1.29 is 9.59 Å². The third-order valence-corrected chi connectivity index (χ3v) is 5.58. The Morgan fingerprint density at radius 1 is 1.31 bits per heavy atom. The average molecular weight is 427 g/mol.